The largest absolute Gasteiger partial charge is 0.477 e. The molecular weight excluding hydrogens is 256 g/mol. The number of carbonyl (C=O) groups is 1. The maximum Gasteiger partial charge on any atom is 0.342 e. The molecule has 1 aromatic carbocycles. The van der Waals surface area contributed by atoms with E-state index in [2.05, 4.69) is 0 Å². The Labute approximate surface area is 109 Å². The van der Waals surface area contributed by atoms with Gasteiger partial charge in [0, 0.05) is 19.3 Å². The average Bonchev–Trinajstić information content (AvgIpc) is 2.34. The van der Waals surface area contributed by atoms with E-state index in [0.29, 0.717) is 12.2 Å². The summed E-state index contributed by atoms with van der Waals surface area (Å²) in [5.41, 5.74) is -0.309. The van der Waals surface area contributed by atoms with E-state index in [9.17, 15) is 14.9 Å². The molecule has 0 aliphatic heterocycles. The topological polar surface area (TPSA) is 83.7 Å². The van der Waals surface area contributed by atoms with Gasteiger partial charge in [-0.3, -0.25) is 10.1 Å². The molecule has 0 heterocycles. The molecule has 7 heteroatoms. The van der Waals surface area contributed by atoms with Crippen molar-refractivity contribution in [2.45, 2.75) is 0 Å². The number of thioether (sulfide) groups is 1. The van der Waals surface area contributed by atoms with Crippen LogP contribution < -0.4 is 4.90 Å². The first kappa shape index (κ1) is 14.3. The molecule has 0 spiro atoms. The standard InChI is InChI=1S/C11H14N2O4S/c1-12(6-7-18-2)9-5-3-4-8(11(14)15)10(9)13(16)17/h3-5H,6-7H2,1-2H3,(H,14,15). The van der Waals surface area contributed by atoms with Crippen LogP contribution in [0.2, 0.25) is 0 Å². The first-order valence-corrected chi connectivity index (χ1v) is 6.59. The van der Waals surface area contributed by atoms with Crippen LogP contribution in [0.4, 0.5) is 11.4 Å². The van der Waals surface area contributed by atoms with Crippen LogP contribution in [0.1, 0.15) is 10.4 Å². The molecule has 0 saturated carbocycles. The Kier molecular flexibility index (Phi) is 4.96. The quantitative estimate of drug-likeness (QED) is 0.629. The van der Waals surface area contributed by atoms with Crippen LogP contribution in [0.5, 0.6) is 0 Å². The van der Waals surface area contributed by atoms with Gasteiger partial charge in [-0.25, -0.2) is 4.79 Å². The second-order valence-electron chi connectivity index (χ2n) is 3.65. The van der Waals surface area contributed by atoms with Crippen LogP contribution in [0.25, 0.3) is 0 Å². The van der Waals surface area contributed by atoms with Crippen molar-refractivity contribution in [3.05, 3.63) is 33.9 Å². The highest BCUT2D eigenvalue weighted by Crippen LogP contribution is 2.31. The minimum atomic E-state index is -1.29. The number of carboxylic acid groups (broad SMARTS) is 1. The van der Waals surface area contributed by atoms with Crippen molar-refractivity contribution in [2.24, 2.45) is 0 Å². The van der Waals surface area contributed by atoms with Crippen LogP contribution in [0.15, 0.2) is 18.2 Å². The summed E-state index contributed by atoms with van der Waals surface area (Å²) in [7, 11) is 1.71. The van der Waals surface area contributed by atoms with Gasteiger partial charge >= 0.3 is 11.7 Å². The fourth-order valence-electron chi connectivity index (χ4n) is 1.55. The van der Waals surface area contributed by atoms with E-state index in [0.717, 1.165) is 5.75 Å². The zero-order chi connectivity index (χ0) is 13.7. The summed E-state index contributed by atoms with van der Waals surface area (Å²) in [6.07, 6.45) is 1.94. The maximum atomic E-state index is 11.0. The number of para-hydroxylation sites is 1. The van der Waals surface area contributed by atoms with Crippen LogP contribution in [0.3, 0.4) is 0 Å². The Morgan fingerprint density at radius 1 is 1.56 bits per heavy atom. The number of hydrogen-bond donors (Lipinski definition) is 1. The predicted molar refractivity (Wildman–Crippen MR) is 71.7 cm³/mol. The van der Waals surface area contributed by atoms with E-state index in [1.54, 1.807) is 29.8 Å². The molecule has 98 valence electrons. The van der Waals surface area contributed by atoms with E-state index in [-0.39, 0.29) is 11.3 Å². The monoisotopic (exact) mass is 270 g/mol. The number of aromatic carboxylic acids is 1. The van der Waals surface area contributed by atoms with Crippen molar-refractivity contribution in [1.82, 2.24) is 0 Å². The van der Waals surface area contributed by atoms with Crippen molar-refractivity contribution in [3.63, 3.8) is 0 Å². The maximum absolute atomic E-state index is 11.0. The van der Waals surface area contributed by atoms with Crippen molar-refractivity contribution in [2.75, 3.05) is 30.5 Å². The van der Waals surface area contributed by atoms with Gasteiger partial charge in [-0.05, 0) is 18.4 Å². The van der Waals surface area contributed by atoms with Gasteiger partial charge in [0.15, 0.2) is 0 Å². The molecule has 0 atom stereocenters. The number of benzene rings is 1. The van der Waals surface area contributed by atoms with Gasteiger partial charge in [0.1, 0.15) is 11.3 Å². The number of nitro benzene ring substituents is 1. The normalized spacial score (nSPS) is 10.1. The highest BCUT2D eigenvalue weighted by Gasteiger charge is 2.25. The van der Waals surface area contributed by atoms with Crippen molar-refractivity contribution < 1.29 is 14.8 Å². The van der Waals surface area contributed by atoms with Gasteiger partial charge in [0.25, 0.3) is 0 Å². The Bertz CT molecular complexity index is 464. The third-order valence-electron chi connectivity index (χ3n) is 2.47. The van der Waals surface area contributed by atoms with Crippen molar-refractivity contribution in [1.29, 1.82) is 0 Å². The first-order chi connectivity index (χ1) is 8.49. The second-order valence-corrected chi connectivity index (χ2v) is 4.64. The Balaban J connectivity index is 3.22. The number of carboxylic acids is 1. The molecule has 0 aromatic heterocycles. The lowest BCUT2D eigenvalue weighted by Gasteiger charge is -2.19. The molecule has 0 fully saturated rings. The Hall–Kier alpha value is -1.76. The Morgan fingerprint density at radius 2 is 2.22 bits per heavy atom. The number of hydrogen-bond acceptors (Lipinski definition) is 5. The number of anilines is 1. The zero-order valence-corrected chi connectivity index (χ0v) is 10.9. The smallest absolute Gasteiger partial charge is 0.342 e. The summed E-state index contributed by atoms with van der Waals surface area (Å²) in [6, 6.07) is 4.32. The van der Waals surface area contributed by atoms with E-state index < -0.39 is 10.9 Å². The van der Waals surface area contributed by atoms with E-state index in [4.69, 9.17) is 5.11 Å². The molecule has 0 aliphatic carbocycles. The SMILES string of the molecule is CSCCN(C)c1cccc(C(=O)O)c1[N+](=O)[O-]. The average molecular weight is 270 g/mol. The Morgan fingerprint density at radius 3 is 2.72 bits per heavy atom. The molecule has 0 bridgehead atoms. The summed E-state index contributed by atoms with van der Waals surface area (Å²) >= 11 is 1.62. The molecule has 1 aromatic rings. The zero-order valence-electron chi connectivity index (χ0n) is 10.1. The van der Waals surface area contributed by atoms with Gasteiger partial charge in [-0.2, -0.15) is 11.8 Å². The lowest BCUT2D eigenvalue weighted by molar-refractivity contribution is -0.384. The van der Waals surface area contributed by atoms with E-state index in [1.165, 1.54) is 12.1 Å². The number of nitro groups is 1. The molecule has 18 heavy (non-hydrogen) atoms. The second kappa shape index (κ2) is 6.25. The van der Waals surface area contributed by atoms with E-state index in [1.807, 2.05) is 6.26 Å². The fourth-order valence-corrected chi connectivity index (χ4v) is 2.01. The fraction of sp³-hybridized carbons (Fsp3) is 0.364. The molecule has 0 amide bonds. The minimum absolute atomic E-state index is 0.284. The minimum Gasteiger partial charge on any atom is -0.477 e. The molecule has 6 nitrogen and oxygen atoms in total. The van der Waals surface area contributed by atoms with Gasteiger partial charge in [0.2, 0.25) is 0 Å². The summed E-state index contributed by atoms with van der Waals surface area (Å²) in [4.78, 5) is 23.1. The summed E-state index contributed by atoms with van der Waals surface area (Å²) < 4.78 is 0. The summed E-state index contributed by atoms with van der Waals surface area (Å²) in [5.74, 6) is -0.480. The van der Waals surface area contributed by atoms with Crippen LogP contribution in [-0.4, -0.2) is 41.6 Å². The summed E-state index contributed by atoms with van der Waals surface area (Å²) in [6.45, 7) is 0.616. The van der Waals surface area contributed by atoms with Crippen molar-refractivity contribution in [3.8, 4) is 0 Å². The highest BCUT2D eigenvalue weighted by atomic mass is 32.2. The predicted octanol–water partition coefficient (Wildman–Crippen LogP) is 2.09. The molecule has 1 N–H and O–H groups in total. The molecule has 0 unspecified atom stereocenters. The highest BCUT2D eigenvalue weighted by molar-refractivity contribution is 7.98. The van der Waals surface area contributed by atoms with E-state index >= 15 is 0 Å². The van der Waals surface area contributed by atoms with Crippen molar-refractivity contribution >= 4 is 29.1 Å². The lowest BCUT2D eigenvalue weighted by Crippen LogP contribution is -2.22. The summed E-state index contributed by atoms with van der Waals surface area (Å²) in [5, 5.41) is 20.0. The van der Waals surface area contributed by atoms with Gasteiger partial charge in [-0.1, -0.05) is 6.07 Å². The third kappa shape index (κ3) is 3.13. The molecule has 0 saturated heterocycles. The van der Waals surface area contributed by atoms with Gasteiger partial charge < -0.3 is 10.0 Å². The molecule has 1 rings (SSSR count). The third-order valence-corrected chi connectivity index (χ3v) is 3.06. The van der Waals surface area contributed by atoms with Crippen LogP contribution in [0, 0.1) is 10.1 Å². The number of nitrogens with zero attached hydrogens (tertiary/aromatic N) is 2. The molecular formula is C11H14N2O4S. The molecule has 0 radical (unpaired) electrons. The van der Waals surface area contributed by atoms with Gasteiger partial charge in [0.05, 0.1) is 4.92 Å². The van der Waals surface area contributed by atoms with Crippen LogP contribution >= 0.6 is 11.8 Å². The van der Waals surface area contributed by atoms with Gasteiger partial charge in [-0.15, -0.1) is 0 Å². The van der Waals surface area contributed by atoms with Crippen LogP contribution in [-0.2, 0) is 0 Å². The number of rotatable bonds is 6. The first-order valence-electron chi connectivity index (χ1n) is 5.19. The molecule has 0 aliphatic rings. The lowest BCUT2D eigenvalue weighted by atomic mass is 10.1.